The highest BCUT2D eigenvalue weighted by Gasteiger charge is 2.11. The smallest absolute Gasteiger partial charge is 0.372 e. The predicted molar refractivity (Wildman–Crippen MR) is 61.1 cm³/mol. The molecule has 0 saturated heterocycles. The number of ketones is 1. The van der Waals surface area contributed by atoms with Gasteiger partial charge in [-0.2, -0.15) is 0 Å². The molecule has 0 atom stereocenters. The van der Waals surface area contributed by atoms with Gasteiger partial charge in [0.2, 0.25) is 5.78 Å². The number of nitrogen functional groups attached to an aromatic ring is 1. The third-order valence-electron chi connectivity index (χ3n) is 1.87. The van der Waals surface area contributed by atoms with E-state index in [1.807, 2.05) is 0 Å². The van der Waals surface area contributed by atoms with Crippen LogP contribution in [0.2, 0.25) is 0 Å². The van der Waals surface area contributed by atoms with Gasteiger partial charge in [-0.15, -0.1) is 12.4 Å². The van der Waals surface area contributed by atoms with E-state index >= 15 is 0 Å². The molecule has 0 radical (unpaired) electrons. The normalized spacial score (nSPS) is 9.00. The number of nitrogens with one attached hydrogen (secondary N) is 1. The zero-order chi connectivity index (χ0) is 11.4. The van der Waals surface area contributed by atoms with E-state index in [0.29, 0.717) is 11.1 Å². The standard InChI is InChI=1S/C10H10N2O3.ClH/c11-9(12)7-3-1-6(2-4-7)5-8(13)10(14)15;/h1-4H,5H2,(H3,11,12)(H,14,15);1H. The van der Waals surface area contributed by atoms with Crippen molar-refractivity contribution in [2.45, 2.75) is 6.42 Å². The van der Waals surface area contributed by atoms with Gasteiger partial charge >= 0.3 is 5.97 Å². The summed E-state index contributed by atoms with van der Waals surface area (Å²) in [5.41, 5.74) is 6.37. The lowest BCUT2D eigenvalue weighted by molar-refractivity contribution is -0.148. The zero-order valence-electron chi connectivity index (χ0n) is 8.27. The molecule has 5 nitrogen and oxygen atoms in total. The van der Waals surface area contributed by atoms with E-state index in [1.54, 1.807) is 24.3 Å². The van der Waals surface area contributed by atoms with Crippen LogP contribution < -0.4 is 5.73 Å². The molecule has 1 aromatic rings. The fraction of sp³-hybridized carbons (Fsp3) is 0.100. The van der Waals surface area contributed by atoms with Crippen molar-refractivity contribution >= 4 is 30.0 Å². The summed E-state index contributed by atoms with van der Waals surface area (Å²) in [6.07, 6.45) is -0.145. The molecular formula is C10H11ClN2O3. The minimum atomic E-state index is -1.44. The molecule has 16 heavy (non-hydrogen) atoms. The molecule has 6 heteroatoms. The van der Waals surface area contributed by atoms with E-state index in [9.17, 15) is 9.59 Å². The first-order valence-electron chi connectivity index (χ1n) is 4.20. The summed E-state index contributed by atoms with van der Waals surface area (Å²) in [5, 5.41) is 15.5. The van der Waals surface area contributed by atoms with Crippen molar-refractivity contribution in [3.63, 3.8) is 0 Å². The van der Waals surface area contributed by atoms with Gasteiger partial charge in [0.05, 0.1) is 0 Å². The van der Waals surface area contributed by atoms with Gasteiger partial charge in [-0.1, -0.05) is 24.3 Å². The Morgan fingerprint density at radius 3 is 2.12 bits per heavy atom. The van der Waals surface area contributed by atoms with Crippen LogP contribution >= 0.6 is 12.4 Å². The van der Waals surface area contributed by atoms with Crippen molar-refractivity contribution < 1.29 is 14.7 Å². The quantitative estimate of drug-likeness (QED) is 0.408. The molecule has 86 valence electrons. The lowest BCUT2D eigenvalue weighted by Crippen LogP contribution is -2.15. The van der Waals surface area contributed by atoms with E-state index < -0.39 is 11.8 Å². The summed E-state index contributed by atoms with van der Waals surface area (Å²) in [5.74, 6) is -2.36. The second-order valence-electron chi connectivity index (χ2n) is 3.02. The number of Topliss-reactive ketones (excluding diaryl/α,β-unsaturated/α-hetero) is 1. The van der Waals surface area contributed by atoms with Crippen molar-refractivity contribution in [2.24, 2.45) is 5.73 Å². The first-order valence-corrected chi connectivity index (χ1v) is 4.20. The van der Waals surface area contributed by atoms with Crippen molar-refractivity contribution in [3.05, 3.63) is 35.4 Å². The van der Waals surface area contributed by atoms with Gasteiger partial charge in [-0.25, -0.2) is 4.79 Å². The van der Waals surface area contributed by atoms with Crippen LogP contribution in [0.3, 0.4) is 0 Å². The highest BCUT2D eigenvalue weighted by atomic mass is 35.5. The number of nitrogens with two attached hydrogens (primary N) is 1. The average Bonchev–Trinajstić information content (AvgIpc) is 2.18. The fourth-order valence-corrected chi connectivity index (χ4v) is 1.06. The summed E-state index contributed by atoms with van der Waals surface area (Å²) in [6.45, 7) is 0. The number of amidine groups is 1. The first-order chi connectivity index (χ1) is 7.00. The summed E-state index contributed by atoms with van der Waals surface area (Å²) in [4.78, 5) is 21.1. The number of benzene rings is 1. The lowest BCUT2D eigenvalue weighted by atomic mass is 10.1. The van der Waals surface area contributed by atoms with Crippen molar-refractivity contribution in [1.29, 1.82) is 5.41 Å². The summed E-state index contributed by atoms with van der Waals surface area (Å²) >= 11 is 0. The molecule has 0 aromatic heterocycles. The molecule has 0 spiro atoms. The van der Waals surface area contributed by atoms with Crippen molar-refractivity contribution in [1.82, 2.24) is 0 Å². The Bertz CT molecular complexity index is 415. The molecule has 0 heterocycles. The minimum Gasteiger partial charge on any atom is -0.475 e. The molecule has 0 aliphatic heterocycles. The van der Waals surface area contributed by atoms with Gasteiger partial charge in [0.15, 0.2) is 0 Å². The molecule has 4 N–H and O–H groups in total. The molecule has 0 saturated carbocycles. The molecule has 1 aromatic carbocycles. The Hall–Kier alpha value is -1.88. The Morgan fingerprint density at radius 1 is 1.25 bits per heavy atom. The summed E-state index contributed by atoms with van der Waals surface area (Å²) < 4.78 is 0. The largest absolute Gasteiger partial charge is 0.475 e. The molecule has 0 fully saturated rings. The SMILES string of the molecule is Cl.N=C(N)c1ccc(CC(=O)C(=O)O)cc1. The van der Waals surface area contributed by atoms with Crippen LogP contribution in [-0.4, -0.2) is 22.7 Å². The van der Waals surface area contributed by atoms with E-state index in [1.165, 1.54) is 0 Å². The van der Waals surface area contributed by atoms with Crippen molar-refractivity contribution in [2.75, 3.05) is 0 Å². The molecule has 0 bridgehead atoms. The van der Waals surface area contributed by atoms with E-state index in [2.05, 4.69) is 0 Å². The number of carbonyl (C=O) groups is 2. The predicted octanol–water partition coefficient (Wildman–Crippen LogP) is 0.589. The van der Waals surface area contributed by atoms with Gasteiger partial charge in [0, 0.05) is 12.0 Å². The molecule has 0 aliphatic rings. The van der Waals surface area contributed by atoms with Crippen LogP contribution in [0.15, 0.2) is 24.3 Å². The van der Waals surface area contributed by atoms with Crippen molar-refractivity contribution in [3.8, 4) is 0 Å². The minimum absolute atomic E-state index is 0. The highest BCUT2D eigenvalue weighted by molar-refractivity contribution is 6.33. The van der Waals surface area contributed by atoms with Gasteiger partial charge < -0.3 is 10.8 Å². The number of halogens is 1. The number of hydrogen-bond acceptors (Lipinski definition) is 3. The maximum Gasteiger partial charge on any atom is 0.372 e. The van der Waals surface area contributed by atoms with Crippen LogP contribution in [0.5, 0.6) is 0 Å². The van der Waals surface area contributed by atoms with Crippen LogP contribution in [0.25, 0.3) is 0 Å². The lowest BCUT2D eigenvalue weighted by Gasteiger charge is -2.00. The van der Waals surface area contributed by atoms with Gasteiger partial charge in [0.1, 0.15) is 5.84 Å². The number of hydrogen-bond donors (Lipinski definition) is 3. The second-order valence-corrected chi connectivity index (χ2v) is 3.02. The van der Waals surface area contributed by atoms with Gasteiger partial charge in [0.25, 0.3) is 0 Å². The molecule has 1 rings (SSSR count). The van der Waals surface area contributed by atoms with Crippen LogP contribution in [0.1, 0.15) is 11.1 Å². The van der Waals surface area contributed by atoms with Gasteiger partial charge in [-0.05, 0) is 5.56 Å². The zero-order valence-corrected chi connectivity index (χ0v) is 9.08. The Kier molecular flexibility index (Phi) is 5.18. The second kappa shape index (κ2) is 5.87. The van der Waals surface area contributed by atoms with Crippen LogP contribution in [0.4, 0.5) is 0 Å². The summed E-state index contributed by atoms with van der Waals surface area (Å²) in [7, 11) is 0. The fourth-order valence-electron chi connectivity index (χ4n) is 1.06. The molecule has 0 unspecified atom stereocenters. The molecule has 0 amide bonds. The molecular weight excluding hydrogens is 232 g/mol. The number of carboxylic acid groups (broad SMARTS) is 1. The average molecular weight is 243 g/mol. The van der Waals surface area contributed by atoms with Gasteiger partial charge in [-0.3, -0.25) is 10.2 Å². The topological polar surface area (TPSA) is 104 Å². The maximum absolute atomic E-state index is 10.9. The third-order valence-corrected chi connectivity index (χ3v) is 1.87. The monoisotopic (exact) mass is 242 g/mol. The Labute approximate surface area is 98.2 Å². The number of carbonyl (C=O) groups excluding carboxylic acids is 1. The van der Waals surface area contributed by atoms with Crippen LogP contribution in [-0.2, 0) is 16.0 Å². The number of aliphatic carboxylic acids is 1. The maximum atomic E-state index is 10.9. The third kappa shape index (κ3) is 3.70. The van der Waals surface area contributed by atoms with E-state index in [0.717, 1.165) is 0 Å². The van der Waals surface area contributed by atoms with E-state index in [-0.39, 0.29) is 24.7 Å². The highest BCUT2D eigenvalue weighted by Crippen LogP contribution is 2.05. The Morgan fingerprint density at radius 2 is 1.75 bits per heavy atom. The number of rotatable bonds is 4. The summed E-state index contributed by atoms with van der Waals surface area (Å²) in [6, 6.07) is 6.31. The molecule has 0 aliphatic carbocycles. The Balaban J connectivity index is 0.00000225. The first kappa shape index (κ1) is 14.1. The van der Waals surface area contributed by atoms with Crippen LogP contribution in [0, 0.1) is 5.41 Å². The van der Waals surface area contributed by atoms with E-state index in [4.69, 9.17) is 16.2 Å². The number of carboxylic acids is 1.